The first kappa shape index (κ1) is 14.3. The standard InChI is InChI=1S/C14H12ClNO4/c1-9-3-2-4-12(16(18)19)14(9)20-13-7-11(15)6-5-10(13)8-17/h2-7,17H,8H2,1H3. The molecule has 0 aliphatic carbocycles. The van der Waals surface area contributed by atoms with Gasteiger partial charge in [0, 0.05) is 16.7 Å². The van der Waals surface area contributed by atoms with Gasteiger partial charge in [0.25, 0.3) is 0 Å². The van der Waals surface area contributed by atoms with Crippen LogP contribution in [-0.2, 0) is 6.61 Å². The minimum Gasteiger partial charge on any atom is -0.449 e. The molecule has 0 aromatic heterocycles. The van der Waals surface area contributed by atoms with Crippen molar-refractivity contribution in [3.8, 4) is 11.5 Å². The molecule has 1 N–H and O–H groups in total. The molecule has 2 rings (SSSR count). The largest absolute Gasteiger partial charge is 0.449 e. The number of para-hydroxylation sites is 1. The number of rotatable bonds is 4. The first-order chi connectivity index (χ1) is 9.52. The Morgan fingerprint density at radius 2 is 2.10 bits per heavy atom. The zero-order valence-electron chi connectivity index (χ0n) is 10.7. The lowest BCUT2D eigenvalue weighted by Gasteiger charge is -2.12. The third kappa shape index (κ3) is 2.89. The molecule has 2 aromatic carbocycles. The predicted octanol–water partition coefficient (Wildman–Crippen LogP) is 3.84. The van der Waals surface area contributed by atoms with Crippen LogP contribution in [0.25, 0.3) is 0 Å². The van der Waals surface area contributed by atoms with E-state index < -0.39 is 4.92 Å². The van der Waals surface area contributed by atoms with Crippen LogP contribution in [0.1, 0.15) is 11.1 Å². The second kappa shape index (κ2) is 5.90. The summed E-state index contributed by atoms with van der Waals surface area (Å²) < 4.78 is 5.62. The zero-order chi connectivity index (χ0) is 14.7. The van der Waals surface area contributed by atoms with Crippen molar-refractivity contribution >= 4 is 17.3 Å². The summed E-state index contributed by atoms with van der Waals surface area (Å²) in [5.74, 6) is 0.451. The van der Waals surface area contributed by atoms with E-state index in [2.05, 4.69) is 0 Å². The van der Waals surface area contributed by atoms with Crippen LogP contribution in [0.4, 0.5) is 5.69 Å². The second-order valence-electron chi connectivity index (χ2n) is 4.19. The number of nitrogens with zero attached hydrogens (tertiary/aromatic N) is 1. The molecule has 6 heteroatoms. The molecule has 0 aliphatic heterocycles. The minimum atomic E-state index is -0.508. The highest BCUT2D eigenvalue weighted by Crippen LogP contribution is 2.36. The van der Waals surface area contributed by atoms with Crippen molar-refractivity contribution in [3.63, 3.8) is 0 Å². The Balaban J connectivity index is 2.50. The van der Waals surface area contributed by atoms with Crippen LogP contribution in [0.3, 0.4) is 0 Å². The Bertz CT molecular complexity index is 658. The fourth-order valence-electron chi connectivity index (χ4n) is 1.78. The van der Waals surface area contributed by atoms with Crippen molar-refractivity contribution in [2.45, 2.75) is 13.5 Å². The molecule has 0 aliphatic rings. The summed E-state index contributed by atoms with van der Waals surface area (Å²) in [5.41, 5.74) is 1.00. The lowest BCUT2D eigenvalue weighted by Crippen LogP contribution is -1.98. The fraction of sp³-hybridized carbons (Fsp3) is 0.143. The summed E-state index contributed by atoms with van der Waals surface area (Å²) in [6.45, 7) is 1.47. The van der Waals surface area contributed by atoms with Gasteiger partial charge in [0.2, 0.25) is 5.75 Å². The third-order valence-corrected chi connectivity index (χ3v) is 3.03. The number of aliphatic hydroxyl groups excluding tert-OH is 1. The van der Waals surface area contributed by atoms with E-state index in [4.69, 9.17) is 16.3 Å². The summed E-state index contributed by atoms with van der Waals surface area (Å²) in [6.07, 6.45) is 0. The van der Waals surface area contributed by atoms with Crippen molar-refractivity contribution in [1.82, 2.24) is 0 Å². The van der Waals surface area contributed by atoms with Gasteiger partial charge in [-0.05, 0) is 24.6 Å². The first-order valence-electron chi connectivity index (χ1n) is 5.84. The number of aliphatic hydroxyl groups is 1. The summed E-state index contributed by atoms with van der Waals surface area (Å²) in [4.78, 5) is 10.5. The molecule has 0 radical (unpaired) electrons. The molecule has 0 saturated carbocycles. The van der Waals surface area contributed by atoms with Crippen molar-refractivity contribution < 1.29 is 14.8 Å². The molecule has 0 unspecified atom stereocenters. The van der Waals surface area contributed by atoms with Crippen LogP contribution < -0.4 is 4.74 Å². The minimum absolute atomic E-state index is 0.131. The highest BCUT2D eigenvalue weighted by Gasteiger charge is 2.19. The number of benzene rings is 2. The van der Waals surface area contributed by atoms with Gasteiger partial charge in [-0.25, -0.2) is 0 Å². The molecule has 0 fully saturated rings. The number of nitro benzene ring substituents is 1. The Labute approximate surface area is 120 Å². The molecule has 0 amide bonds. The van der Waals surface area contributed by atoms with Crippen LogP contribution in [-0.4, -0.2) is 10.0 Å². The Morgan fingerprint density at radius 1 is 1.35 bits per heavy atom. The van der Waals surface area contributed by atoms with Gasteiger partial charge >= 0.3 is 5.69 Å². The predicted molar refractivity (Wildman–Crippen MR) is 75.3 cm³/mol. The van der Waals surface area contributed by atoms with E-state index in [9.17, 15) is 15.2 Å². The van der Waals surface area contributed by atoms with Crippen molar-refractivity contribution in [3.05, 3.63) is 62.7 Å². The highest BCUT2D eigenvalue weighted by molar-refractivity contribution is 6.30. The average molecular weight is 294 g/mol. The topological polar surface area (TPSA) is 72.6 Å². The Hall–Kier alpha value is -2.11. The summed E-state index contributed by atoms with van der Waals surface area (Å²) in [6, 6.07) is 9.42. The molecule has 0 spiro atoms. The van der Waals surface area contributed by atoms with Gasteiger partial charge in [-0.2, -0.15) is 0 Å². The van der Waals surface area contributed by atoms with Gasteiger partial charge in [-0.1, -0.05) is 29.8 Å². The lowest BCUT2D eigenvalue weighted by atomic mass is 10.2. The average Bonchev–Trinajstić information content (AvgIpc) is 2.41. The fourth-order valence-corrected chi connectivity index (χ4v) is 1.94. The second-order valence-corrected chi connectivity index (χ2v) is 4.63. The molecular weight excluding hydrogens is 282 g/mol. The molecule has 2 aromatic rings. The number of halogens is 1. The SMILES string of the molecule is Cc1cccc([N+](=O)[O-])c1Oc1cc(Cl)ccc1CO. The maximum Gasteiger partial charge on any atom is 0.311 e. The quantitative estimate of drug-likeness (QED) is 0.686. The van der Waals surface area contributed by atoms with Gasteiger partial charge in [0.1, 0.15) is 5.75 Å². The third-order valence-electron chi connectivity index (χ3n) is 2.80. The molecule has 5 nitrogen and oxygen atoms in total. The lowest BCUT2D eigenvalue weighted by molar-refractivity contribution is -0.385. The Kier molecular flexibility index (Phi) is 4.22. The van der Waals surface area contributed by atoms with Crippen LogP contribution in [0, 0.1) is 17.0 Å². The van der Waals surface area contributed by atoms with E-state index in [1.54, 1.807) is 31.2 Å². The van der Waals surface area contributed by atoms with Gasteiger partial charge in [-0.3, -0.25) is 10.1 Å². The summed E-state index contributed by atoms with van der Waals surface area (Å²) >= 11 is 5.89. The van der Waals surface area contributed by atoms with Crippen LogP contribution in [0.5, 0.6) is 11.5 Å². The maximum atomic E-state index is 11.0. The van der Waals surface area contributed by atoms with E-state index >= 15 is 0 Å². The van der Waals surface area contributed by atoms with E-state index in [1.165, 1.54) is 12.1 Å². The molecular formula is C14H12ClNO4. The summed E-state index contributed by atoms with van der Waals surface area (Å²) in [5, 5.41) is 20.7. The van der Waals surface area contributed by atoms with Crippen molar-refractivity contribution in [1.29, 1.82) is 0 Å². The normalized spacial score (nSPS) is 10.3. The maximum absolute atomic E-state index is 11.0. The number of hydrogen-bond donors (Lipinski definition) is 1. The van der Waals surface area contributed by atoms with E-state index in [1.807, 2.05) is 0 Å². The smallest absolute Gasteiger partial charge is 0.311 e. The van der Waals surface area contributed by atoms with Crippen molar-refractivity contribution in [2.24, 2.45) is 0 Å². The van der Waals surface area contributed by atoms with Crippen LogP contribution in [0.2, 0.25) is 5.02 Å². The van der Waals surface area contributed by atoms with Crippen LogP contribution >= 0.6 is 11.6 Å². The number of aryl methyl sites for hydroxylation is 1. The molecule has 0 bridgehead atoms. The molecule has 0 atom stereocenters. The molecule has 20 heavy (non-hydrogen) atoms. The molecule has 104 valence electrons. The Morgan fingerprint density at radius 3 is 2.75 bits per heavy atom. The highest BCUT2D eigenvalue weighted by atomic mass is 35.5. The van der Waals surface area contributed by atoms with Gasteiger partial charge in [0.05, 0.1) is 11.5 Å². The van der Waals surface area contributed by atoms with Gasteiger partial charge in [-0.15, -0.1) is 0 Å². The zero-order valence-corrected chi connectivity index (χ0v) is 11.4. The van der Waals surface area contributed by atoms with Gasteiger partial charge < -0.3 is 9.84 Å². The van der Waals surface area contributed by atoms with Gasteiger partial charge in [0.15, 0.2) is 0 Å². The molecule has 0 heterocycles. The van der Waals surface area contributed by atoms with E-state index in [-0.39, 0.29) is 18.0 Å². The van der Waals surface area contributed by atoms with E-state index in [0.29, 0.717) is 21.9 Å². The monoisotopic (exact) mass is 293 g/mol. The molecule has 0 saturated heterocycles. The number of ether oxygens (including phenoxy) is 1. The van der Waals surface area contributed by atoms with E-state index in [0.717, 1.165) is 0 Å². The summed E-state index contributed by atoms with van der Waals surface area (Å²) in [7, 11) is 0. The number of nitro groups is 1. The van der Waals surface area contributed by atoms with Crippen LogP contribution in [0.15, 0.2) is 36.4 Å². The number of hydrogen-bond acceptors (Lipinski definition) is 4. The van der Waals surface area contributed by atoms with Crippen molar-refractivity contribution in [2.75, 3.05) is 0 Å². The first-order valence-corrected chi connectivity index (χ1v) is 6.22.